The van der Waals surface area contributed by atoms with E-state index in [-0.39, 0.29) is 5.41 Å². The van der Waals surface area contributed by atoms with E-state index in [1.54, 1.807) is 0 Å². The lowest BCUT2D eigenvalue weighted by Crippen LogP contribution is -2.39. The van der Waals surface area contributed by atoms with Gasteiger partial charge in [-0.25, -0.2) is 4.79 Å². The Labute approximate surface area is 65.7 Å². The molecule has 3 nitrogen and oxygen atoms in total. The molecule has 0 fully saturated rings. The van der Waals surface area contributed by atoms with Gasteiger partial charge < -0.3 is 9.84 Å². The molecular formula is C8H12O3. The van der Waals surface area contributed by atoms with E-state index < -0.39 is 12.1 Å². The van der Waals surface area contributed by atoms with Crippen LogP contribution in [0.3, 0.4) is 0 Å². The summed E-state index contributed by atoms with van der Waals surface area (Å²) in [5.74, 6) is -0.889. The maximum Gasteiger partial charge on any atom is 0.345 e. The summed E-state index contributed by atoms with van der Waals surface area (Å²) in [6.07, 6.45) is 3.36. The van der Waals surface area contributed by atoms with Crippen molar-refractivity contribution < 1.29 is 14.6 Å². The Morgan fingerprint density at radius 3 is 2.73 bits per heavy atom. The minimum atomic E-state index is -0.889. The van der Waals surface area contributed by atoms with Crippen molar-refractivity contribution in [1.29, 1.82) is 0 Å². The molecule has 0 saturated heterocycles. The van der Waals surface area contributed by atoms with Crippen LogP contribution in [0.5, 0.6) is 0 Å². The number of carbonyl (C=O) groups is 1. The fourth-order valence-corrected chi connectivity index (χ4v) is 1.17. The number of aliphatic carboxylic acids is 1. The van der Waals surface area contributed by atoms with Crippen LogP contribution in [0.2, 0.25) is 0 Å². The standard InChI is InChI=1S/C8H12O3/c1-8(2)4-3-5-11-6(8)7(9)10/h3,5-6H,4H2,1-2H3,(H,9,10). The number of allylic oxidation sites excluding steroid dienone is 1. The molecule has 0 aromatic carbocycles. The van der Waals surface area contributed by atoms with E-state index in [4.69, 9.17) is 9.84 Å². The first-order chi connectivity index (χ1) is 5.04. The largest absolute Gasteiger partial charge is 0.486 e. The van der Waals surface area contributed by atoms with E-state index in [0.29, 0.717) is 0 Å². The van der Waals surface area contributed by atoms with E-state index in [1.807, 2.05) is 19.9 Å². The van der Waals surface area contributed by atoms with E-state index in [2.05, 4.69) is 0 Å². The van der Waals surface area contributed by atoms with Gasteiger partial charge >= 0.3 is 5.97 Å². The van der Waals surface area contributed by atoms with Gasteiger partial charge in [0.15, 0.2) is 6.10 Å². The zero-order valence-corrected chi connectivity index (χ0v) is 6.70. The Morgan fingerprint density at radius 1 is 1.73 bits per heavy atom. The van der Waals surface area contributed by atoms with E-state index in [1.165, 1.54) is 6.26 Å². The SMILES string of the molecule is CC1(C)CC=COC1C(=O)O. The summed E-state index contributed by atoms with van der Waals surface area (Å²) in [6.45, 7) is 3.77. The second-order valence-electron chi connectivity index (χ2n) is 3.42. The summed E-state index contributed by atoms with van der Waals surface area (Å²) in [4.78, 5) is 10.6. The molecule has 1 rings (SSSR count). The van der Waals surface area contributed by atoms with Gasteiger partial charge in [0.1, 0.15) is 0 Å². The van der Waals surface area contributed by atoms with Crippen LogP contribution >= 0.6 is 0 Å². The topological polar surface area (TPSA) is 46.5 Å². The Hall–Kier alpha value is -0.990. The minimum Gasteiger partial charge on any atom is -0.486 e. The molecule has 0 amide bonds. The monoisotopic (exact) mass is 156 g/mol. The van der Waals surface area contributed by atoms with Crippen LogP contribution in [0.1, 0.15) is 20.3 Å². The van der Waals surface area contributed by atoms with E-state index >= 15 is 0 Å². The molecular weight excluding hydrogens is 144 g/mol. The van der Waals surface area contributed by atoms with Gasteiger partial charge in [-0.1, -0.05) is 13.8 Å². The van der Waals surface area contributed by atoms with Crippen molar-refractivity contribution in [1.82, 2.24) is 0 Å². The number of hydrogen-bond acceptors (Lipinski definition) is 2. The molecule has 11 heavy (non-hydrogen) atoms. The molecule has 3 heteroatoms. The van der Waals surface area contributed by atoms with Gasteiger partial charge in [0.25, 0.3) is 0 Å². The lowest BCUT2D eigenvalue weighted by molar-refractivity contribution is -0.154. The summed E-state index contributed by atoms with van der Waals surface area (Å²) in [5, 5.41) is 8.71. The molecule has 0 spiro atoms. The highest BCUT2D eigenvalue weighted by Crippen LogP contribution is 2.31. The highest BCUT2D eigenvalue weighted by Gasteiger charge is 2.37. The van der Waals surface area contributed by atoms with E-state index in [9.17, 15) is 4.79 Å². The molecule has 0 radical (unpaired) electrons. The van der Waals surface area contributed by atoms with Crippen LogP contribution in [-0.4, -0.2) is 17.2 Å². The first-order valence-corrected chi connectivity index (χ1v) is 3.57. The fraction of sp³-hybridized carbons (Fsp3) is 0.625. The van der Waals surface area contributed by atoms with Gasteiger partial charge in [-0.15, -0.1) is 0 Å². The van der Waals surface area contributed by atoms with Gasteiger partial charge in [0.2, 0.25) is 0 Å². The third kappa shape index (κ3) is 1.53. The van der Waals surface area contributed by atoms with Gasteiger partial charge in [0.05, 0.1) is 6.26 Å². The summed E-state index contributed by atoms with van der Waals surface area (Å²) in [7, 11) is 0. The summed E-state index contributed by atoms with van der Waals surface area (Å²) >= 11 is 0. The first kappa shape index (κ1) is 8.11. The second kappa shape index (κ2) is 2.57. The van der Waals surface area contributed by atoms with Crippen LogP contribution in [-0.2, 0) is 9.53 Å². The van der Waals surface area contributed by atoms with Gasteiger partial charge in [0, 0.05) is 5.41 Å². The molecule has 62 valence electrons. The second-order valence-corrected chi connectivity index (χ2v) is 3.42. The molecule has 1 atom stereocenters. The van der Waals surface area contributed by atoms with Crippen LogP contribution in [0.4, 0.5) is 0 Å². The van der Waals surface area contributed by atoms with Crippen molar-refractivity contribution in [2.24, 2.45) is 5.41 Å². The number of rotatable bonds is 1. The molecule has 1 aliphatic rings. The van der Waals surface area contributed by atoms with Crippen molar-refractivity contribution in [2.75, 3.05) is 0 Å². The number of carboxylic acids is 1. The molecule has 1 N–H and O–H groups in total. The van der Waals surface area contributed by atoms with Crippen molar-refractivity contribution in [3.63, 3.8) is 0 Å². The van der Waals surface area contributed by atoms with Crippen molar-refractivity contribution in [3.05, 3.63) is 12.3 Å². The Bertz CT molecular complexity index is 194. The molecule has 0 bridgehead atoms. The first-order valence-electron chi connectivity index (χ1n) is 3.57. The Morgan fingerprint density at radius 2 is 2.36 bits per heavy atom. The van der Waals surface area contributed by atoms with Gasteiger partial charge in [-0.3, -0.25) is 0 Å². The lowest BCUT2D eigenvalue weighted by atomic mass is 9.82. The molecule has 1 aliphatic heterocycles. The summed E-state index contributed by atoms with van der Waals surface area (Å²) in [6, 6.07) is 0. The Balaban J connectivity index is 2.78. The van der Waals surface area contributed by atoms with Gasteiger partial charge in [-0.2, -0.15) is 0 Å². The highest BCUT2D eigenvalue weighted by atomic mass is 16.5. The van der Waals surface area contributed by atoms with Crippen LogP contribution in [0.15, 0.2) is 12.3 Å². The molecule has 0 saturated carbocycles. The number of ether oxygens (including phenoxy) is 1. The maximum atomic E-state index is 10.6. The quantitative estimate of drug-likeness (QED) is 0.624. The number of hydrogen-bond donors (Lipinski definition) is 1. The predicted octanol–water partition coefficient (Wildman–Crippen LogP) is 1.40. The molecule has 1 heterocycles. The van der Waals surface area contributed by atoms with Crippen molar-refractivity contribution in [3.8, 4) is 0 Å². The van der Waals surface area contributed by atoms with Crippen molar-refractivity contribution in [2.45, 2.75) is 26.4 Å². The Kier molecular flexibility index (Phi) is 1.89. The zero-order chi connectivity index (χ0) is 8.48. The highest BCUT2D eigenvalue weighted by molar-refractivity contribution is 5.73. The summed E-state index contributed by atoms with van der Waals surface area (Å²) < 4.78 is 4.97. The van der Waals surface area contributed by atoms with Gasteiger partial charge in [-0.05, 0) is 12.5 Å². The third-order valence-corrected chi connectivity index (χ3v) is 1.89. The molecule has 0 aromatic heterocycles. The van der Waals surface area contributed by atoms with Crippen molar-refractivity contribution >= 4 is 5.97 Å². The minimum absolute atomic E-state index is 0.291. The average Bonchev–Trinajstić information content (AvgIpc) is 1.85. The normalized spacial score (nSPS) is 27.6. The molecule has 0 aliphatic carbocycles. The molecule has 1 unspecified atom stereocenters. The fourth-order valence-electron chi connectivity index (χ4n) is 1.17. The van der Waals surface area contributed by atoms with Crippen LogP contribution in [0, 0.1) is 5.41 Å². The zero-order valence-electron chi connectivity index (χ0n) is 6.70. The average molecular weight is 156 g/mol. The van der Waals surface area contributed by atoms with Crippen LogP contribution < -0.4 is 0 Å². The smallest absolute Gasteiger partial charge is 0.345 e. The third-order valence-electron chi connectivity index (χ3n) is 1.89. The molecule has 0 aromatic rings. The predicted molar refractivity (Wildman–Crippen MR) is 40.0 cm³/mol. The van der Waals surface area contributed by atoms with Crippen LogP contribution in [0.25, 0.3) is 0 Å². The number of carboxylic acid groups (broad SMARTS) is 1. The lowest BCUT2D eigenvalue weighted by Gasteiger charge is -2.32. The maximum absolute atomic E-state index is 10.6. The summed E-state index contributed by atoms with van der Waals surface area (Å²) in [5.41, 5.74) is -0.291. The van der Waals surface area contributed by atoms with E-state index in [0.717, 1.165) is 6.42 Å².